The van der Waals surface area contributed by atoms with E-state index in [9.17, 15) is 0 Å². The zero-order valence-electron chi connectivity index (χ0n) is 18.9. The molecule has 4 aromatic rings. The number of nitrogens with zero attached hydrogens (tertiary/aromatic N) is 4. The number of fused-ring (bicyclic) bond motifs is 1. The average molecular weight is 442 g/mol. The fourth-order valence-electron chi connectivity index (χ4n) is 4.15. The number of anilines is 4. The third kappa shape index (κ3) is 4.35. The number of piperazine rings is 1. The predicted molar refractivity (Wildman–Crippen MR) is 133 cm³/mol. The number of aromatic nitrogens is 2. The van der Waals surface area contributed by atoms with E-state index in [-0.39, 0.29) is 0 Å². The Hall–Kier alpha value is -4.00. The molecule has 1 saturated heterocycles. The fourth-order valence-corrected chi connectivity index (χ4v) is 4.15. The van der Waals surface area contributed by atoms with Crippen molar-refractivity contribution in [1.82, 2.24) is 9.97 Å². The van der Waals surface area contributed by atoms with Crippen LogP contribution in [0.5, 0.6) is 11.5 Å². The van der Waals surface area contributed by atoms with E-state index in [1.807, 2.05) is 66.7 Å². The Bertz CT molecular complexity index is 1240. The molecule has 3 aromatic carbocycles. The lowest BCUT2D eigenvalue weighted by Crippen LogP contribution is -2.47. The van der Waals surface area contributed by atoms with Crippen LogP contribution in [0.2, 0.25) is 0 Å². The van der Waals surface area contributed by atoms with Crippen LogP contribution in [0.15, 0.2) is 72.8 Å². The largest absolute Gasteiger partial charge is 0.497 e. The second-order valence-corrected chi connectivity index (χ2v) is 7.89. The van der Waals surface area contributed by atoms with Crippen molar-refractivity contribution in [2.75, 3.05) is 55.5 Å². The van der Waals surface area contributed by atoms with Gasteiger partial charge >= 0.3 is 0 Å². The Labute approximate surface area is 193 Å². The van der Waals surface area contributed by atoms with E-state index in [2.05, 4.69) is 21.2 Å². The highest BCUT2D eigenvalue weighted by Gasteiger charge is 2.22. The maximum atomic E-state index is 5.55. The van der Waals surface area contributed by atoms with Crippen LogP contribution in [0.4, 0.5) is 23.1 Å². The van der Waals surface area contributed by atoms with Gasteiger partial charge in [0.25, 0.3) is 0 Å². The summed E-state index contributed by atoms with van der Waals surface area (Å²) in [5.74, 6) is 3.26. The highest BCUT2D eigenvalue weighted by molar-refractivity contribution is 5.91. The minimum absolute atomic E-state index is 0.740. The second-order valence-electron chi connectivity index (χ2n) is 7.89. The summed E-state index contributed by atoms with van der Waals surface area (Å²) in [5.41, 5.74) is 3.00. The van der Waals surface area contributed by atoms with E-state index in [1.54, 1.807) is 14.2 Å². The number of nitrogens with one attached hydrogen (secondary N) is 1. The van der Waals surface area contributed by atoms with Gasteiger partial charge in [-0.1, -0.05) is 24.3 Å². The van der Waals surface area contributed by atoms with Crippen LogP contribution in [0.25, 0.3) is 10.9 Å². The summed E-state index contributed by atoms with van der Waals surface area (Å²) in [4.78, 5) is 14.4. The van der Waals surface area contributed by atoms with Crippen LogP contribution in [-0.2, 0) is 0 Å². The van der Waals surface area contributed by atoms with Crippen LogP contribution in [0.1, 0.15) is 0 Å². The molecule has 1 aliphatic heterocycles. The number of para-hydroxylation sites is 3. The van der Waals surface area contributed by atoms with E-state index in [0.717, 1.165) is 71.7 Å². The minimum Gasteiger partial charge on any atom is -0.497 e. The van der Waals surface area contributed by atoms with Crippen molar-refractivity contribution in [3.63, 3.8) is 0 Å². The molecule has 168 valence electrons. The number of rotatable bonds is 6. The van der Waals surface area contributed by atoms with Crippen LogP contribution >= 0.6 is 0 Å². The first-order chi connectivity index (χ1) is 16.2. The molecular weight excluding hydrogens is 414 g/mol. The van der Waals surface area contributed by atoms with E-state index in [1.165, 1.54) is 0 Å². The predicted octanol–water partition coefficient (Wildman–Crippen LogP) is 4.72. The SMILES string of the molecule is COc1ccc(Nc2nc(N3CCN(c4ccccc4OC)CC3)nc3ccccc23)cc1. The first-order valence-electron chi connectivity index (χ1n) is 11.1. The number of ether oxygens (including phenoxy) is 2. The van der Waals surface area contributed by atoms with Gasteiger partial charge in [0.1, 0.15) is 17.3 Å². The van der Waals surface area contributed by atoms with Gasteiger partial charge in [-0.05, 0) is 48.5 Å². The van der Waals surface area contributed by atoms with Gasteiger partial charge in [-0.15, -0.1) is 0 Å². The molecule has 0 atom stereocenters. The molecule has 1 fully saturated rings. The Morgan fingerprint density at radius 1 is 0.727 bits per heavy atom. The van der Waals surface area contributed by atoms with Gasteiger partial charge in [-0.3, -0.25) is 0 Å². The van der Waals surface area contributed by atoms with Crippen LogP contribution in [-0.4, -0.2) is 50.4 Å². The van der Waals surface area contributed by atoms with Crippen LogP contribution in [0, 0.1) is 0 Å². The summed E-state index contributed by atoms with van der Waals surface area (Å²) in [6.45, 7) is 3.41. The molecule has 0 aliphatic carbocycles. The van der Waals surface area contributed by atoms with Gasteiger partial charge in [-0.25, -0.2) is 4.98 Å². The van der Waals surface area contributed by atoms with E-state index in [4.69, 9.17) is 19.4 Å². The molecule has 7 heteroatoms. The summed E-state index contributed by atoms with van der Waals surface area (Å²) < 4.78 is 10.8. The van der Waals surface area contributed by atoms with Gasteiger partial charge in [0.05, 0.1) is 25.4 Å². The Balaban J connectivity index is 1.39. The molecule has 5 rings (SSSR count). The molecular formula is C26H27N5O2. The zero-order chi connectivity index (χ0) is 22.6. The zero-order valence-corrected chi connectivity index (χ0v) is 18.9. The van der Waals surface area contributed by atoms with Crippen LogP contribution in [0.3, 0.4) is 0 Å². The molecule has 1 aliphatic rings. The van der Waals surface area contributed by atoms with Gasteiger partial charge < -0.3 is 24.6 Å². The normalized spacial score (nSPS) is 13.8. The van der Waals surface area contributed by atoms with Crippen molar-refractivity contribution in [2.45, 2.75) is 0 Å². The molecule has 0 bridgehead atoms. The number of hydrogen-bond donors (Lipinski definition) is 1. The van der Waals surface area contributed by atoms with Crippen molar-refractivity contribution in [2.24, 2.45) is 0 Å². The van der Waals surface area contributed by atoms with Crippen molar-refractivity contribution < 1.29 is 9.47 Å². The number of benzene rings is 3. The first-order valence-corrected chi connectivity index (χ1v) is 11.1. The molecule has 2 heterocycles. The molecule has 0 amide bonds. The van der Waals surface area contributed by atoms with Gasteiger partial charge in [0.2, 0.25) is 5.95 Å². The smallest absolute Gasteiger partial charge is 0.228 e. The maximum absolute atomic E-state index is 5.55. The highest BCUT2D eigenvalue weighted by Crippen LogP contribution is 2.30. The third-order valence-corrected chi connectivity index (χ3v) is 5.93. The lowest BCUT2D eigenvalue weighted by molar-refractivity contribution is 0.413. The third-order valence-electron chi connectivity index (χ3n) is 5.93. The molecule has 0 saturated carbocycles. The Morgan fingerprint density at radius 3 is 2.18 bits per heavy atom. The summed E-state index contributed by atoms with van der Waals surface area (Å²) in [7, 11) is 3.38. The molecule has 0 unspecified atom stereocenters. The first kappa shape index (κ1) is 20.9. The average Bonchev–Trinajstić information content (AvgIpc) is 2.89. The van der Waals surface area contributed by atoms with Crippen molar-refractivity contribution in [3.8, 4) is 11.5 Å². The summed E-state index contributed by atoms with van der Waals surface area (Å²) in [5, 5.41) is 4.46. The monoisotopic (exact) mass is 441 g/mol. The fraction of sp³-hybridized carbons (Fsp3) is 0.231. The second kappa shape index (κ2) is 9.24. The molecule has 33 heavy (non-hydrogen) atoms. The maximum Gasteiger partial charge on any atom is 0.228 e. The van der Waals surface area contributed by atoms with Crippen molar-refractivity contribution in [3.05, 3.63) is 72.8 Å². The Morgan fingerprint density at radius 2 is 1.42 bits per heavy atom. The van der Waals surface area contributed by atoms with Crippen molar-refractivity contribution >= 4 is 34.0 Å². The number of methoxy groups -OCH3 is 2. The topological polar surface area (TPSA) is 62.8 Å². The van der Waals surface area contributed by atoms with Gasteiger partial charge in [-0.2, -0.15) is 4.98 Å². The summed E-state index contributed by atoms with van der Waals surface area (Å²) in [6, 6.07) is 24.1. The minimum atomic E-state index is 0.740. The van der Waals surface area contributed by atoms with Crippen molar-refractivity contribution in [1.29, 1.82) is 0 Å². The lowest BCUT2D eigenvalue weighted by Gasteiger charge is -2.36. The molecule has 7 nitrogen and oxygen atoms in total. The molecule has 1 aromatic heterocycles. The van der Waals surface area contributed by atoms with Gasteiger partial charge in [0.15, 0.2) is 0 Å². The van der Waals surface area contributed by atoms with Gasteiger partial charge in [0, 0.05) is 37.3 Å². The quantitative estimate of drug-likeness (QED) is 0.465. The Kier molecular flexibility index (Phi) is 5.85. The summed E-state index contributed by atoms with van der Waals surface area (Å²) in [6.07, 6.45) is 0. The summed E-state index contributed by atoms with van der Waals surface area (Å²) >= 11 is 0. The standard InChI is InChI=1S/C26H27N5O2/c1-32-20-13-11-19(12-14-20)27-25-21-7-3-4-8-22(21)28-26(29-25)31-17-15-30(16-18-31)23-9-5-6-10-24(23)33-2/h3-14H,15-18H2,1-2H3,(H,27,28,29). The number of hydrogen-bond acceptors (Lipinski definition) is 7. The van der Waals surface area contributed by atoms with Crippen LogP contribution < -0.4 is 24.6 Å². The lowest BCUT2D eigenvalue weighted by atomic mass is 10.2. The van der Waals surface area contributed by atoms with E-state index < -0.39 is 0 Å². The molecule has 0 radical (unpaired) electrons. The highest BCUT2D eigenvalue weighted by atomic mass is 16.5. The van der Waals surface area contributed by atoms with E-state index in [0.29, 0.717) is 0 Å². The molecule has 1 N–H and O–H groups in total. The molecule has 0 spiro atoms. The van der Waals surface area contributed by atoms with E-state index >= 15 is 0 Å².